The van der Waals surface area contributed by atoms with Crippen LogP contribution in [0.4, 0.5) is 0 Å². The fourth-order valence-corrected chi connectivity index (χ4v) is 5.28. The maximum atomic E-state index is 13.1. The molecule has 0 bridgehead atoms. The van der Waals surface area contributed by atoms with Gasteiger partial charge in [0.05, 0.1) is 18.0 Å². The normalized spacial score (nSPS) is 15.0. The summed E-state index contributed by atoms with van der Waals surface area (Å²) in [6.07, 6.45) is 4.02. The Morgan fingerprint density at radius 1 is 0.971 bits per heavy atom. The third-order valence-corrected chi connectivity index (χ3v) is 7.21. The van der Waals surface area contributed by atoms with Crippen LogP contribution in [0.25, 0.3) is 17.0 Å². The number of amides is 1. The van der Waals surface area contributed by atoms with E-state index in [1.165, 1.54) is 11.8 Å². The van der Waals surface area contributed by atoms with E-state index in [9.17, 15) is 4.79 Å². The first kappa shape index (κ1) is 22.7. The number of hydrogen-bond acceptors (Lipinski definition) is 4. The molecule has 5 rings (SSSR count). The van der Waals surface area contributed by atoms with E-state index < -0.39 is 0 Å². The van der Waals surface area contributed by atoms with Gasteiger partial charge in [-0.25, -0.2) is 0 Å². The number of benzene rings is 3. The number of carbonyl (C=O) groups is 1. The van der Waals surface area contributed by atoms with Crippen LogP contribution in [0.1, 0.15) is 11.1 Å². The highest BCUT2D eigenvalue weighted by Crippen LogP contribution is 2.35. The molecule has 0 saturated carbocycles. The van der Waals surface area contributed by atoms with Crippen molar-refractivity contribution in [3.8, 4) is 5.75 Å². The number of thiocarbonyl (C=S) groups is 1. The Morgan fingerprint density at radius 2 is 1.71 bits per heavy atom. The molecule has 170 valence electrons. The highest BCUT2D eigenvalue weighted by Gasteiger charge is 2.32. The van der Waals surface area contributed by atoms with E-state index in [1.54, 1.807) is 4.90 Å². The molecule has 0 unspecified atom stereocenters. The van der Waals surface area contributed by atoms with Gasteiger partial charge in [0, 0.05) is 27.7 Å². The summed E-state index contributed by atoms with van der Waals surface area (Å²) >= 11 is 12.8. The van der Waals surface area contributed by atoms with Crippen molar-refractivity contribution < 1.29 is 9.53 Å². The van der Waals surface area contributed by atoms with Crippen molar-refractivity contribution >= 4 is 62.8 Å². The molecule has 0 aliphatic carbocycles. The Balaban J connectivity index is 1.36. The van der Waals surface area contributed by atoms with Gasteiger partial charge < -0.3 is 9.30 Å². The summed E-state index contributed by atoms with van der Waals surface area (Å²) in [5.74, 6) is 0.727. The topological polar surface area (TPSA) is 34.5 Å². The number of aromatic nitrogens is 1. The molecule has 3 aromatic carbocycles. The molecule has 0 atom stereocenters. The minimum absolute atomic E-state index is 0.0539. The van der Waals surface area contributed by atoms with Crippen molar-refractivity contribution in [2.24, 2.45) is 0 Å². The minimum atomic E-state index is -0.0539. The molecule has 0 spiro atoms. The molecular formula is C27H21ClN2O2S2. The molecule has 2 heterocycles. The van der Waals surface area contributed by atoms with Gasteiger partial charge in [-0.1, -0.05) is 84.1 Å². The average Bonchev–Trinajstić information content (AvgIpc) is 3.33. The van der Waals surface area contributed by atoms with Crippen molar-refractivity contribution in [2.45, 2.75) is 13.1 Å². The molecule has 4 nitrogen and oxygen atoms in total. The van der Waals surface area contributed by atoms with Crippen LogP contribution in [0.15, 0.2) is 90.0 Å². The maximum Gasteiger partial charge on any atom is 0.266 e. The van der Waals surface area contributed by atoms with Crippen LogP contribution < -0.4 is 4.74 Å². The average molecular weight is 505 g/mol. The number of rotatable bonds is 7. The molecule has 0 radical (unpaired) electrons. The van der Waals surface area contributed by atoms with Crippen LogP contribution in [-0.2, 0) is 17.9 Å². The van der Waals surface area contributed by atoms with E-state index >= 15 is 0 Å². The molecule has 4 aromatic rings. The number of thioether (sulfide) groups is 1. The number of para-hydroxylation sites is 1. The Hall–Kier alpha value is -3.06. The molecule has 1 saturated heterocycles. The third kappa shape index (κ3) is 4.89. The molecule has 1 aromatic heterocycles. The number of ether oxygens (including phenoxy) is 1. The molecule has 1 aliphatic rings. The van der Waals surface area contributed by atoms with E-state index in [2.05, 4.69) is 22.9 Å². The number of nitrogens with zero attached hydrogens (tertiary/aromatic N) is 2. The summed E-state index contributed by atoms with van der Waals surface area (Å²) < 4.78 is 8.62. The van der Waals surface area contributed by atoms with Crippen LogP contribution in [-0.4, -0.2) is 26.3 Å². The molecule has 1 amide bonds. The van der Waals surface area contributed by atoms with Crippen molar-refractivity contribution in [3.05, 3.63) is 106 Å². The summed E-state index contributed by atoms with van der Waals surface area (Å²) in [7, 11) is 0. The second-order valence-corrected chi connectivity index (χ2v) is 9.96. The Bertz CT molecular complexity index is 1380. The molecule has 7 heteroatoms. The highest BCUT2D eigenvalue weighted by atomic mass is 35.5. The number of halogens is 1. The third-order valence-electron chi connectivity index (χ3n) is 5.58. The van der Waals surface area contributed by atoms with E-state index in [4.69, 9.17) is 28.6 Å². The summed E-state index contributed by atoms with van der Waals surface area (Å²) in [6.45, 7) is 1.66. The Kier molecular flexibility index (Phi) is 6.72. The second kappa shape index (κ2) is 10.1. The zero-order valence-electron chi connectivity index (χ0n) is 18.2. The Labute approximate surface area is 212 Å². The van der Waals surface area contributed by atoms with Crippen LogP contribution in [0.5, 0.6) is 5.75 Å². The van der Waals surface area contributed by atoms with Gasteiger partial charge in [-0.2, -0.15) is 0 Å². The van der Waals surface area contributed by atoms with Crippen LogP contribution in [0, 0.1) is 0 Å². The largest absolute Gasteiger partial charge is 0.492 e. The van der Waals surface area contributed by atoms with Crippen LogP contribution in [0.2, 0.25) is 5.02 Å². The van der Waals surface area contributed by atoms with Gasteiger partial charge in [-0.15, -0.1) is 0 Å². The van der Waals surface area contributed by atoms with E-state index in [0.29, 0.717) is 33.9 Å². The zero-order chi connectivity index (χ0) is 23.5. The standard InChI is InChI=1S/C27H21ClN2O2S2/c28-21-10-12-22(13-11-21)32-15-14-29-18-20(23-8-4-5-9-24(23)29)16-25-26(31)30(27(33)34-25)17-19-6-2-1-3-7-19/h1-13,16,18H,14-15,17H2/b25-16-. The first-order valence-corrected chi connectivity index (χ1v) is 12.4. The van der Waals surface area contributed by atoms with E-state index in [-0.39, 0.29) is 5.91 Å². The van der Waals surface area contributed by atoms with Gasteiger partial charge in [0.15, 0.2) is 0 Å². The van der Waals surface area contributed by atoms with E-state index in [0.717, 1.165) is 27.8 Å². The lowest BCUT2D eigenvalue weighted by Crippen LogP contribution is -2.27. The first-order chi connectivity index (χ1) is 16.6. The van der Waals surface area contributed by atoms with Crippen LogP contribution in [0.3, 0.4) is 0 Å². The van der Waals surface area contributed by atoms with Gasteiger partial charge in [-0.3, -0.25) is 9.69 Å². The lowest BCUT2D eigenvalue weighted by molar-refractivity contribution is -0.122. The maximum absolute atomic E-state index is 13.1. The fraction of sp³-hybridized carbons (Fsp3) is 0.111. The molecule has 34 heavy (non-hydrogen) atoms. The molecular weight excluding hydrogens is 484 g/mol. The first-order valence-electron chi connectivity index (χ1n) is 10.8. The highest BCUT2D eigenvalue weighted by molar-refractivity contribution is 8.26. The molecule has 1 aliphatic heterocycles. The SMILES string of the molecule is O=C1/C(=C/c2cn(CCOc3ccc(Cl)cc3)c3ccccc23)SC(=S)N1Cc1ccccc1. The van der Waals surface area contributed by atoms with Gasteiger partial charge >= 0.3 is 0 Å². The Morgan fingerprint density at radius 3 is 2.50 bits per heavy atom. The second-order valence-electron chi connectivity index (χ2n) is 7.85. The lowest BCUT2D eigenvalue weighted by Gasteiger charge is -2.14. The summed E-state index contributed by atoms with van der Waals surface area (Å²) in [5, 5.41) is 1.77. The predicted octanol–water partition coefficient (Wildman–Crippen LogP) is 6.78. The zero-order valence-corrected chi connectivity index (χ0v) is 20.6. The van der Waals surface area contributed by atoms with Gasteiger partial charge in [0.25, 0.3) is 5.91 Å². The number of hydrogen-bond donors (Lipinski definition) is 0. The fourth-order valence-electron chi connectivity index (χ4n) is 3.91. The summed E-state index contributed by atoms with van der Waals surface area (Å²) in [4.78, 5) is 15.4. The molecule has 0 N–H and O–H groups in total. The van der Waals surface area contributed by atoms with E-state index in [1.807, 2.05) is 72.8 Å². The minimum Gasteiger partial charge on any atom is -0.492 e. The summed E-state index contributed by atoms with van der Waals surface area (Å²) in [5.41, 5.74) is 3.13. The van der Waals surface area contributed by atoms with Gasteiger partial charge in [-0.05, 0) is 42.0 Å². The van der Waals surface area contributed by atoms with Crippen molar-refractivity contribution in [1.29, 1.82) is 0 Å². The quantitative estimate of drug-likeness (QED) is 0.205. The smallest absolute Gasteiger partial charge is 0.266 e. The predicted molar refractivity (Wildman–Crippen MR) is 144 cm³/mol. The monoisotopic (exact) mass is 504 g/mol. The van der Waals surface area contributed by atoms with Crippen molar-refractivity contribution in [3.63, 3.8) is 0 Å². The number of carbonyl (C=O) groups excluding carboxylic acids is 1. The van der Waals surface area contributed by atoms with Gasteiger partial charge in [0.2, 0.25) is 0 Å². The van der Waals surface area contributed by atoms with Crippen molar-refractivity contribution in [1.82, 2.24) is 9.47 Å². The van der Waals surface area contributed by atoms with Crippen molar-refractivity contribution in [2.75, 3.05) is 6.61 Å². The van der Waals surface area contributed by atoms with Crippen LogP contribution >= 0.6 is 35.6 Å². The summed E-state index contributed by atoms with van der Waals surface area (Å²) in [6, 6.07) is 25.4. The lowest BCUT2D eigenvalue weighted by atomic mass is 10.1. The molecule has 1 fully saturated rings. The number of fused-ring (bicyclic) bond motifs is 1. The van der Waals surface area contributed by atoms with Gasteiger partial charge in [0.1, 0.15) is 16.7 Å².